The highest BCUT2D eigenvalue weighted by atomic mass is 28.3. The Labute approximate surface area is 116 Å². The molecule has 0 spiro atoms. The van der Waals surface area contributed by atoms with Crippen LogP contribution in [0.1, 0.15) is 43.1 Å². The Morgan fingerprint density at radius 1 is 1.32 bits per heavy atom. The van der Waals surface area contributed by atoms with Crippen molar-refractivity contribution < 1.29 is 14.0 Å². The van der Waals surface area contributed by atoms with Crippen molar-refractivity contribution in [2.75, 3.05) is 7.11 Å². The van der Waals surface area contributed by atoms with Gasteiger partial charge in [-0.15, -0.1) is 0 Å². The maximum atomic E-state index is 11.1. The predicted octanol–water partition coefficient (Wildman–Crippen LogP) is 2.99. The van der Waals surface area contributed by atoms with Gasteiger partial charge in [0.25, 0.3) is 0 Å². The molecule has 4 nitrogen and oxygen atoms in total. The largest absolute Gasteiger partial charge is 0.494 e. The molecule has 0 aliphatic rings. The van der Waals surface area contributed by atoms with Crippen LogP contribution in [0.5, 0.6) is 5.75 Å². The fourth-order valence-electron chi connectivity index (χ4n) is 1.87. The third-order valence-corrected chi connectivity index (χ3v) is 3.52. The number of aldehydes is 1. The maximum absolute atomic E-state index is 11.1. The van der Waals surface area contributed by atoms with Crippen LogP contribution in [-0.2, 0) is 4.43 Å². The maximum Gasteiger partial charge on any atom is 0.172 e. The number of ether oxygens (including phenoxy) is 1. The van der Waals surface area contributed by atoms with Crippen LogP contribution < -0.4 is 4.74 Å². The van der Waals surface area contributed by atoms with Gasteiger partial charge in [-0.05, 0) is 30.6 Å². The Bertz CT molecular complexity index is 441. The van der Waals surface area contributed by atoms with Crippen LogP contribution >= 0.6 is 0 Å². The quantitative estimate of drug-likeness (QED) is 0.615. The summed E-state index contributed by atoms with van der Waals surface area (Å²) in [5, 5.41) is 0. The molecule has 106 valence electrons. The molecule has 0 aliphatic heterocycles. The molecule has 0 radical (unpaired) electrons. The lowest BCUT2D eigenvalue weighted by molar-refractivity contribution is 0.0823. The standard InChI is InChI=1S/C14H23NO3Si/c1-14(2,3)13(18-19(5)6)10-7-8-12(17-4)11(9-16)15-10/h7-9,13,19H,1-6H3. The van der Waals surface area contributed by atoms with E-state index in [0.717, 1.165) is 12.0 Å². The van der Waals surface area contributed by atoms with Gasteiger partial charge in [0.2, 0.25) is 0 Å². The van der Waals surface area contributed by atoms with Crippen molar-refractivity contribution in [1.82, 2.24) is 4.98 Å². The van der Waals surface area contributed by atoms with Gasteiger partial charge < -0.3 is 9.16 Å². The summed E-state index contributed by atoms with van der Waals surface area (Å²) in [6.45, 7) is 10.6. The highest BCUT2D eigenvalue weighted by molar-refractivity contribution is 6.48. The minimum atomic E-state index is -1.20. The van der Waals surface area contributed by atoms with Crippen molar-refractivity contribution in [3.05, 3.63) is 23.5 Å². The molecule has 0 aromatic carbocycles. The van der Waals surface area contributed by atoms with E-state index in [1.807, 2.05) is 6.07 Å². The summed E-state index contributed by atoms with van der Waals surface area (Å²) in [6, 6.07) is 3.65. The van der Waals surface area contributed by atoms with Crippen molar-refractivity contribution in [3.63, 3.8) is 0 Å². The van der Waals surface area contributed by atoms with Gasteiger partial charge in [0.05, 0.1) is 18.9 Å². The van der Waals surface area contributed by atoms with Gasteiger partial charge in [-0.25, -0.2) is 4.98 Å². The molecule has 1 aromatic rings. The number of carbonyl (C=O) groups excluding carboxylic acids is 1. The lowest BCUT2D eigenvalue weighted by Crippen LogP contribution is -2.27. The fourth-order valence-corrected chi connectivity index (χ4v) is 2.96. The first-order valence-electron chi connectivity index (χ1n) is 6.45. The number of rotatable bonds is 5. The van der Waals surface area contributed by atoms with E-state index >= 15 is 0 Å². The monoisotopic (exact) mass is 281 g/mol. The Morgan fingerprint density at radius 2 is 1.95 bits per heavy atom. The smallest absolute Gasteiger partial charge is 0.172 e. The molecule has 5 heteroatoms. The molecule has 0 aliphatic carbocycles. The third kappa shape index (κ3) is 4.14. The Balaban J connectivity index is 3.19. The number of nitrogens with zero attached hydrogens (tertiary/aromatic N) is 1. The summed E-state index contributed by atoms with van der Waals surface area (Å²) in [6.07, 6.45) is 0.610. The minimum Gasteiger partial charge on any atom is -0.494 e. The van der Waals surface area contributed by atoms with Crippen molar-refractivity contribution in [2.24, 2.45) is 5.41 Å². The normalized spacial score (nSPS) is 13.4. The molecule has 1 heterocycles. The van der Waals surface area contributed by atoms with Gasteiger partial charge in [0.15, 0.2) is 15.3 Å². The zero-order valence-corrected chi connectivity index (χ0v) is 13.7. The zero-order valence-electron chi connectivity index (χ0n) is 12.6. The second-order valence-electron chi connectivity index (χ2n) is 5.87. The molecule has 1 aromatic heterocycles. The van der Waals surface area contributed by atoms with Crippen molar-refractivity contribution in [3.8, 4) is 5.75 Å². The summed E-state index contributed by atoms with van der Waals surface area (Å²) in [5.41, 5.74) is 1.04. The van der Waals surface area contributed by atoms with E-state index in [-0.39, 0.29) is 11.5 Å². The van der Waals surface area contributed by atoms with Crippen molar-refractivity contribution in [1.29, 1.82) is 0 Å². The Morgan fingerprint density at radius 3 is 2.37 bits per heavy atom. The molecule has 0 fully saturated rings. The zero-order chi connectivity index (χ0) is 14.6. The molecule has 0 amide bonds. The molecule has 19 heavy (non-hydrogen) atoms. The molecule has 0 saturated heterocycles. The fraction of sp³-hybridized carbons (Fsp3) is 0.571. The van der Waals surface area contributed by atoms with Crippen molar-refractivity contribution in [2.45, 2.75) is 40.0 Å². The summed E-state index contributed by atoms with van der Waals surface area (Å²) in [5.74, 6) is 0.494. The van der Waals surface area contributed by atoms with Gasteiger partial charge in [0, 0.05) is 0 Å². The van der Waals surface area contributed by atoms with Crippen LogP contribution in [-0.4, -0.2) is 27.4 Å². The van der Waals surface area contributed by atoms with E-state index in [1.165, 1.54) is 7.11 Å². The highest BCUT2D eigenvalue weighted by Crippen LogP contribution is 2.36. The van der Waals surface area contributed by atoms with E-state index in [9.17, 15) is 4.79 Å². The molecule has 0 bridgehead atoms. The van der Waals surface area contributed by atoms with Gasteiger partial charge in [0.1, 0.15) is 11.4 Å². The SMILES string of the molecule is COc1ccc(C(O[SiH](C)C)C(C)(C)C)nc1C=O. The number of pyridine rings is 1. The lowest BCUT2D eigenvalue weighted by Gasteiger charge is -2.32. The van der Waals surface area contributed by atoms with Gasteiger partial charge in [-0.1, -0.05) is 20.8 Å². The number of hydrogen-bond donors (Lipinski definition) is 0. The minimum absolute atomic E-state index is 0.0704. The van der Waals surface area contributed by atoms with E-state index in [2.05, 4.69) is 38.8 Å². The average molecular weight is 281 g/mol. The number of carbonyl (C=O) groups is 1. The van der Waals surface area contributed by atoms with Crippen LogP contribution in [0.2, 0.25) is 13.1 Å². The molecule has 0 saturated carbocycles. The van der Waals surface area contributed by atoms with E-state index < -0.39 is 9.04 Å². The van der Waals surface area contributed by atoms with E-state index in [4.69, 9.17) is 9.16 Å². The third-order valence-electron chi connectivity index (χ3n) is 2.70. The number of hydrogen-bond acceptors (Lipinski definition) is 4. The summed E-state index contributed by atoms with van der Waals surface area (Å²) < 4.78 is 11.2. The highest BCUT2D eigenvalue weighted by Gasteiger charge is 2.29. The topological polar surface area (TPSA) is 48.4 Å². The molecular formula is C14H23NO3Si. The van der Waals surface area contributed by atoms with Gasteiger partial charge in [-0.2, -0.15) is 0 Å². The Kier molecular flexibility index (Phi) is 5.26. The first-order valence-corrected chi connectivity index (χ1v) is 9.23. The summed E-state index contributed by atoms with van der Waals surface area (Å²) in [7, 11) is 0.329. The number of aromatic nitrogens is 1. The first kappa shape index (κ1) is 15.9. The lowest BCUT2D eigenvalue weighted by atomic mass is 9.87. The number of methoxy groups -OCH3 is 1. The van der Waals surface area contributed by atoms with Crippen LogP contribution in [0.15, 0.2) is 12.1 Å². The van der Waals surface area contributed by atoms with Gasteiger partial charge in [-0.3, -0.25) is 4.79 Å². The second kappa shape index (κ2) is 6.30. The summed E-state index contributed by atoms with van der Waals surface area (Å²) >= 11 is 0. The second-order valence-corrected chi connectivity index (χ2v) is 8.24. The predicted molar refractivity (Wildman–Crippen MR) is 78.3 cm³/mol. The van der Waals surface area contributed by atoms with E-state index in [1.54, 1.807) is 6.07 Å². The van der Waals surface area contributed by atoms with Crippen LogP contribution in [0.25, 0.3) is 0 Å². The van der Waals surface area contributed by atoms with Crippen LogP contribution in [0, 0.1) is 5.41 Å². The average Bonchev–Trinajstić information content (AvgIpc) is 2.33. The first-order chi connectivity index (χ1) is 8.79. The molecule has 0 N–H and O–H groups in total. The van der Waals surface area contributed by atoms with Gasteiger partial charge >= 0.3 is 0 Å². The van der Waals surface area contributed by atoms with Crippen LogP contribution in [0.4, 0.5) is 0 Å². The van der Waals surface area contributed by atoms with Crippen LogP contribution in [0.3, 0.4) is 0 Å². The molecule has 1 atom stereocenters. The molecule has 1 unspecified atom stereocenters. The molecule has 1 rings (SSSR count). The van der Waals surface area contributed by atoms with E-state index in [0.29, 0.717) is 11.4 Å². The Hall–Kier alpha value is -1.20. The molecular weight excluding hydrogens is 258 g/mol. The van der Waals surface area contributed by atoms with Crippen molar-refractivity contribution >= 4 is 15.3 Å². The summed E-state index contributed by atoms with van der Waals surface area (Å²) in [4.78, 5) is 15.4.